The van der Waals surface area contributed by atoms with Gasteiger partial charge in [0.25, 0.3) is 11.8 Å². The molecule has 1 N–H and O–H groups in total. The van der Waals surface area contributed by atoms with Gasteiger partial charge in [-0.05, 0) is 48.9 Å². The van der Waals surface area contributed by atoms with E-state index >= 15 is 0 Å². The minimum Gasteiger partial charge on any atom is -0.495 e. The molecule has 7 nitrogen and oxygen atoms in total. The summed E-state index contributed by atoms with van der Waals surface area (Å²) in [5, 5.41) is 2.46. The van der Waals surface area contributed by atoms with E-state index in [0.717, 1.165) is 16.0 Å². The number of carbonyl (C=O) groups excluding carboxylic acids is 3. The summed E-state index contributed by atoms with van der Waals surface area (Å²) in [6.45, 7) is 2.59. The van der Waals surface area contributed by atoms with Crippen LogP contribution in [-0.4, -0.2) is 29.5 Å². The second-order valence-electron chi connectivity index (χ2n) is 7.33. The van der Waals surface area contributed by atoms with Crippen LogP contribution in [0.2, 0.25) is 5.02 Å². The Hall–Kier alpha value is -3.84. The SMILES string of the molecule is COc1ccc(N2C(=O)NC(=O)/C(=C/c3cccn3Cc3cccc(C)c3)C2=O)cc1Cl. The van der Waals surface area contributed by atoms with Gasteiger partial charge in [-0.15, -0.1) is 0 Å². The molecule has 1 fully saturated rings. The van der Waals surface area contributed by atoms with Crippen molar-refractivity contribution in [2.75, 3.05) is 12.0 Å². The van der Waals surface area contributed by atoms with Crippen molar-refractivity contribution in [3.05, 3.63) is 88.2 Å². The number of methoxy groups -OCH3 is 1. The number of hydrogen-bond acceptors (Lipinski definition) is 4. The van der Waals surface area contributed by atoms with Crippen molar-refractivity contribution in [1.82, 2.24) is 9.88 Å². The van der Waals surface area contributed by atoms with Crippen LogP contribution >= 0.6 is 11.6 Å². The minimum absolute atomic E-state index is 0.152. The number of rotatable bonds is 5. The Kier molecular flexibility index (Phi) is 5.83. The summed E-state index contributed by atoms with van der Waals surface area (Å²) in [7, 11) is 1.46. The minimum atomic E-state index is -0.839. The van der Waals surface area contributed by atoms with Gasteiger partial charge in [0.1, 0.15) is 11.3 Å². The lowest BCUT2D eigenvalue weighted by atomic mass is 10.1. The Balaban J connectivity index is 1.67. The second kappa shape index (κ2) is 8.72. The van der Waals surface area contributed by atoms with Crippen molar-refractivity contribution in [2.24, 2.45) is 0 Å². The maximum Gasteiger partial charge on any atom is 0.335 e. The topological polar surface area (TPSA) is 80.6 Å². The zero-order valence-corrected chi connectivity index (χ0v) is 18.2. The first-order valence-corrected chi connectivity index (χ1v) is 10.2. The lowest BCUT2D eigenvalue weighted by Crippen LogP contribution is -2.54. The predicted octanol–water partition coefficient (Wildman–Crippen LogP) is 4.17. The van der Waals surface area contributed by atoms with Crippen LogP contribution in [0.15, 0.2) is 66.4 Å². The molecule has 0 bridgehead atoms. The van der Waals surface area contributed by atoms with E-state index in [2.05, 4.69) is 11.4 Å². The molecule has 162 valence electrons. The standard InChI is InChI=1S/C24H20ClN3O4/c1-15-5-3-6-16(11-15)14-27-10-4-7-17(27)12-19-22(29)26-24(31)28(23(19)30)18-8-9-21(32-2)20(25)13-18/h3-13H,14H2,1-2H3,(H,26,29,31)/b19-12-. The van der Waals surface area contributed by atoms with E-state index < -0.39 is 17.8 Å². The Morgan fingerprint density at radius 1 is 1.06 bits per heavy atom. The highest BCUT2D eigenvalue weighted by molar-refractivity contribution is 6.39. The second-order valence-corrected chi connectivity index (χ2v) is 7.73. The molecule has 0 aliphatic carbocycles. The van der Waals surface area contributed by atoms with E-state index in [-0.39, 0.29) is 16.3 Å². The monoisotopic (exact) mass is 449 g/mol. The Labute approximate surface area is 189 Å². The lowest BCUT2D eigenvalue weighted by molar-refractivity contribution is -0.122. The maximum absolute atomic E-state index is 13.1. The van der Waals surface area contributed by atoms with Crippen molar-refractivity contribution in [3.8, 4) is 5.75 Å². The quantitative estimate of drug-likeness (QED) is 0.468. The van der Waals surface area contributed by atoms with Gasteiger partial charge < -0.3 is 9.30 Å². The highest BCUT2D eigenvalue weighted by Crippen LogP contribution is 2.31. The third-order valence-electron chi connectivity index (χ3n) is 5.09. The Morgan fingerprint density at radius 3 is 2.59 bits per heavy atom. The fourth-order valence-electron chi connectivity index (χ4n) is 3.54. The van der Waals surface area contributed by atoms with Crippen LogP contribution in [0, 0.1) is 6.92 Å². The van der Waals surface area contributed by atoms with Crippen molar-refractivity contribution in [2.45, 2.75) is 13.5 Å². The van der Waals surface area contributed by atoms with Gasteiger partial charge in [0.15, 0.2) is 0 Å². The third kappa shape index (κ3) is 4.15. The molecule has 4 amide bonds. The van der Waals surface area contributed by atoms with E-state index in [0.29, 0.717) is 18.0 Å². The largest absolute Gasteiger partial charge is 0.495 e. The third-order valence-corrected chi connectivity index (χ3v) is 5.38. The van der Waals surface area contributed by atoms with Gasteiger partial charge in [-0.1, -0.05) is 41.4 Å². The number of benzene rings is 2. The maximum atomic E-state index is 13.1. The number of anilines is 1. The average Bonchev–Trinajstić information content (AvgIpc) is 3.17. The summed E-state index contributed by atoms with van der Waals surface area (Å²) >= 11 is 6.15. The lowest BCUT2D eigenvalue weighted by Gasteiger charge is -2.26. The van der Waals surface area contributed by atoms with Crippen LogP contribution in [0.5, 0.6) is 5.75 Å². The first-order valence-electron chi connectivity index (χ1n) is 9.83. The fraction of sp³-hybridized carbons (Fsp3) is 0.125. The molecule has 0 unspecified atom stereocenters. The highest BCUT2D eigenvalue weighted by atomic mass is 35.5. The molecule has 0 spiro atoms. The average molecular weight is 450 g/mol. The molecule has 0 atom stereocenters. The summed E-state index contributed by atoms with van der Waals surface area (Å²) in [4.78, 5) is 39.0. The molecule has 1 aliphatic rings. The van der Waals surface area contributed by atoms with Crippen molar-refractivity contribution >= 4 is 41.2 Å². The molecule has 3 aromatic rings. The number of carbonyl (C=O) groups is 3. The number of hydrogen-bond donors (Lipinski definition) is 1. The molecular weight excluding hydrogens is 430 g/mol. The van der Waals surface area contributed by atoms with E-state index in [4.69, 9.17) is 16.3 Å². The molecule has 0 radical (unpaired) electrons. The molecule has 4 rings (SSSR count). The number of imide groups is 2. The van der Waals surface area contributed by atoms with Gasteiger partial charge in [-0.2, -0.15) is 0 Å². The van der Waals surface area contributed by atoms with Crippen LogP contribution < -0.4 is 15.0 Å². The number of halogens is 1. The van der Waals surface area contributed by atoms with Crippen molar-refractivity contribution < 1.29 is 19.1 Å². The smallest absolute Gasteiger partial charge is 0.335 e. The van der Waals surface area contributed by atoms with Crippen LogP contribution in [0.25, 0.3) is 6.08 Å². The number of barbiturate groups is 1. The summed E-state index contributed by atoms with van der Waals surface area (Å²) in [5.74, 6) is -1.08. The number of nitrogens with zero attached hydrogens (tertiary/aromatic N) is 2. The fourth-order valence-corrected chi connectivity index (χ4v) is 3.80. The number of amides is 4. The van der Waals surface area contributed by atoms with Gasteiger partial charge in [0, 0.05) is 18.4 Å². The summed E-state index contributed by atoms with van der Waals surface area (Å²) in [6, 6.07) is 15.4. The molecule has 0 saturated carbocycles. The first-order chi connectivity index (χ1) is 15.4. The Morgan fingerprint density at radius 2 is 1.88 bits per heavy atom. The van der Waals surface area contributed by atoms with Crippen LogP contribution in [0.3, 0.4) is 0 Å². The number of nitrogens with one attached hydrogen (secondary N) is 1. The number of ether oxygens (including phenoxy) is 1. The molecule has 2 aromatic carbocycles. The van der Waals surface area contributed by atoms with E-state index in [9.17, 15) is 14.4 Å². The van der Waals surface area contributed by atoms with Crippen molar-refractivity contribution in [3.63, 3.8) is 0 Å². The first kappa shape index (κ1) is 21.4. The van der Waals surface area contributed by atoms with Gasteiger partial charge in [-0.3, -0.25) is 14.9 Å². The van der Waals surface area contributed by atoms with Crippen LogP contribution in [0.4, 0.5) is 10.5 Å². The van der Waals surface area contributed by atoms with Gasteiger partial charge in [0.2, 0.25) is 0 Å². The zero-order chi connectivity index (χ0) is 22.8. The summed E-state index contributed by atoms with van der Waals surface area (Å²) in [6.07, 6.45) is 3.35. The van der Waals surface area contributed by atoms with E-state index in [1.807, 2.05) is 42.0 Å². The van der Waals surface area contributed by atoms with Crippen LogP contribution in [0.1, 0.15) is 16.8 Å². The Bertz CT molecular complexity index is 1260. The van der Waals surface area contributed by atoms with E-state index in [1.165, 1.54) is 25.3 Å². The van der Waals surface area contributed by atoms with Crippen LogP contribution in [-0.2, 0) is 16.1 Å². The molecule has 1 saturated heterocycles. The number of aromatic nitrogens is 1. The summed E-state index contributed by atoms with van der Waals surface area (Å²) < 4.78 is 7.04. The zero-order valence-electron chi connectivity index (χ0n) is 17.5. The predicted molar refractivity (Wildman–Crippen MR) is 122 cm³/mol. The molecule has 2 heterocycles. The van der Waals surface area contributed by atoms with Gasteiger partial charge in [-0.25, -0.2) is 9.69 Å². The molecule has 1 aliphatic heterocycles. The highest BCUT2D eigenvalue weighted by Gasteiger charge is 2.37. The molecule has 8 heteroatoms. The van der Waals surface area contributed by atoms with Gasteiger partial charge in [0.05, 0.1) is 17.8 Å². The molecular formula is C24H20ClN3O4. The van der Waals surface area contributed by atoms with Gasteiger partial charge >= 0.3 is 6.03 Å². The number of urea groups is 1. The molecule has 32 heavy (non-hydrogen) atoms. The molecule has 1 aromatic heterocycles. The summed E-state index contributed by atoms with van der Waals surface area (Å²) in [5.41, 5.74) is 2.97. The van der Waals surface area contributed by atoms with Crippen molar-refractivity contribution in [1.29, 1.82) is 0 Å². The van der Waals surface area contributed by atoms with E-state index in [1.54, 1.807) is 12.1 Å². The number of aryl methyl sites for hydroxylation is 1. The normalized spacial score (nSPS) is 15.3.